The third kappa shape index (κ3) is 3.44. The second-order valence-electron chi connectivity index (χ2n) is 4.23. The van der Waals surface area contributed by atoms with Gasteiger partial charge in [-0.05, 0) is 43.2 Å². The number of benzene rings is 1. The Morgan fingerprint density at radius 2 is 2.16 bits per heavy atom. The summed E-state index contributed by atoms with van der Waals surface area (Å²) in [4.78, 5) is 4.15. The molecule has 0 aliphatic carbocycles. The highest BCUT2D eigenvalue weighted by atomic mass is 19.1. The lowest BCUT2D eigenvalue weighted by atomic mass is 10.1. The molecule has 1 heterocycles. The SMILES string of the molecule is CCOc1ncccc1NCc1ccc(C)c(F)c1. The van der Waals surface area contributed by atoms with Gasteiger partial charge in [0.05, 0.1) is 12.3 Å². The number of nitrogens with one attached hydrogen (secondary N) is 1. The van der Waals surface area contributed by atoms with Crippen LogP contribution in [0.5, 0.6) is 5.88 Å². The van der Waals surface area contributed by atoms with Crippen molar-refractivity contribution in [3.8, 4) is 5.88 Å². The lowest BCUT2D eigenvalue weighted by Crippen LogP contribution is -2.04. The highest BCUT2D eigenvalue weighted by Gasteiger charge is 2.04. The molecule has 19 heavy (non-hydrogen) atoms. The molecule has 0 bridgehead atoms. The van der Waals surface area contributed by atoms with E-state index in [1.54, 1.807) is 25.3 Å². The van der Waals surface area contributed by atoms with Gasteiger partial charge in [-0.15, -0.1) is 0 Å². The molecular weight excluding hydrogens is 243 g/mol. The molecule has 0 aliphatic rings. The van der Waals surface area contributed by atoms with E-state index in [2.05, 4.69) is 10.3 Å². The van der Waals surface area contributed by atoms with Gasteiger partial charge < -0.3 is 10.1 Å². The van der Waals surface area contributed by atoms with Gasteiger partial charge in [-0.2, -0.15) is 0 Å². The maximum atomic E-state index is 13.4. The van der Waals surface area contributed by atoms with Crippen LogP contribution in [-0.2, 0) is 6.54 Å². The van der Waals surface area contributed by atoms with Crippen LogP contribution in [0.4, 0.5) is 10.1 Å². The zero-order valence-corrected chi connectivity index (χ0v) is 11.1. The Labute approximate surface area is 112 Å². The fourth-order valence-corrected chi connectivity index (χ4v) is 1.72. The van der Waals surface area contributed by atoms with Crippen molar-refractivity contribution in [2.45, 2.75) is 20.4 Å². The summed E-state index contributed by atoms with van der Waals surface area (Å²) in [5.74, 6) is 0.383. The summed E-state index contributed by atoms with van der Waals surface area (Å²) < 4.78 is 18.9. The summed E-state index contributed by atoms with van der Waals surface area (Å²) in [6, 6.07) is 8.95. The first kappa shape index (κ1) is 13.3. The number of hydrogen-bond donors (Lipinski definition) is 1. The quantitative estimate of drug-likeness (QED) is 0.892. The van der Waals surface area contributed by atoms with Crippen molar-refractivity contribution in [3.63, 3.8) is 0 Å². The van der Waals surface area contributed by atoms with Crippen LogP contribution in [0.25, 0.3) is 0 Å². The number of halogens is 1. The zero-order valence-electron chi connectivity index (χ0n) is 11.1. The van der Waals surface area contributed by atoms with E-state index in [0.717, 1.165) is 11.3 Å². The second kappa shape index (κ2) is 6.18. The first-order valence-electron chi connectivity index (χ1n) is 6.27. The highest BCUT2D eigenvalue weighted by Crippen LogP contribution is 2.21. The van der Waals surface area contributed by atoms with Crippen molar-refractivity contribution in [2.24, 2.45) is 0 Å². The average Bonchev–Trinajstić information content (AvgIpc) is 2.42. The standard InChI is InChI=1S/C15H17FN2O/c1-3-19-15-14(5-4-8-17-15)18-10-12-7-6-11(2)13(16)9-12/h4-9,18H,3,10H2,1-2H3. The zero-order chi connectivity index (χ0) is 13.7. The van der Waals surface area contributed by atoms with Crippen molar-refractivity contribution in [2.75, 3.05) is 11.9 Å². The Balaban J connectivity index is 2.07. The fraction of sp³-hybridized carbons (Fsp3) is 0.267. The van der Waals surface area contributed by atoms with Crippen molar-refractivity contribution >= 4 is 5.69 Å². The number of anilines is 1. The van der Waals surface area contributed by atoms with Crippen LogP contribution in [0.2, 0.25) is 0 Å². The molecule has 1 aromatic carbocycles. The molecule has 0 amide bonds. The lowest BCUT2D eigenvalue weighted by molar-refractivity contribution is 0.328. The summed E-state index contributed by atoms with van der Waals surface area (Å²) in [6.45, 7) is 4.75. The van der Waals surface area contributed by atoms with Gasteiger partial charge in [0.15, 0.2) is 0 Å². The van der Waals surface area contributed by atoms with Gasteiger partial charge in [0.25, 0.3) is 0 Å². The summed E-state index contributed by atoms with van der Waals surface area (Å²) in [5, 5.41) is 3.21. The van der Waals surface area contributed by atoms with Crippen LogP contribution in [0.1, 0.15) is 18.1 Å². The average molecular weight is 260 g/mol. The molecule has 0 saturated heterocycles. The van der Waals surface area contributed by atoms with Crippen molar-refractivity contribution in [1.29, 1.82) is 0 Å². The number of ether oxygens (including phenoxy) is 1. The van der Waals surface area contributed by atoms with Gasteiger partial charge in [-0.25, -0.2) is 9.37 Å². The molecule has 0 fully saturated rings. The van der Waals surface area contributed by atoms with Gasteiger partial charge >= 0.3 is 0 Å². The van der Waals surface area contributed by atoms with Gasteiger partial charge in [-0.1, -0.05) is 12.1 Å². The van der Waals surface area contributed by atoms with Crippen molar-refractivity contribution in [3.05, 3.63) is 53.5 Å². The van der Waals surface area contributed by atoms with Crippen LogP contribution in [0.3, 0.4) is 0 Å². The number of aromatic nitrogens is 1. The monoisotopic (exact) mass is 260 g/mol. The Morgan fingerprint density at radius 3 is 2.89 bits per heavy atom. The third-order valence-corrected chi connectivity index (χ3v) is 2.77. The Morgan fingerprint density at radius 1 is 1.32 bits per heavy atom. The van der Waals surface area contributed by atoms with Crippen LogP contribution in [0, 0.1) is 12.7 Å². The minimum atomic E-state index is -0.185. The lowest BCUT2D eigenvalue weighted by Gasteiger charge is -2.11. The minimum absolute atomic E-state index is 0.185. The molecule has 0 spiro atoms. The van der Waals surface area contributed by atoms with E-state index >= 15 is 0 Å². The maximum absolute atomic E-state index is 13.4. The van der Waals surface area contributed by atoms with E-state index in [0.29, 0.717) is 24.6 Å². The normalized spacial score (nSPS) is 10.3. The van der Waals surface area contributed by atoms with Gasteiger partial charge in [0, 0.05) is 12.7 Å². The molecule has 2 rings (SSSR count). The van der Waals surface area contributed by atoms with Gasteiger partial charge in [-0.3, -0.25) is 0 Å². The summed E-state index contributed by atoms with van der Waals surface area (Å²) in [7, 11) is 0. The minimum Gasteiger partial charge on any atom is -0.476 e. The summed E-state index contributed by atoms with van der Waals surface area (Å²) in [6.07, 6.45) is 1.68. The van der Waals surface area contributed by atoms with Crippen molar-refractivity contribution < 1.29 is 9.13 Å². The molecule has 0 saturated carbocycles. The predicted octanol–water partition coefficient (Wildman–Crippen LogP) is 3.54. The predicted molar refractivity (Wildman–Crippen MR) is 73.9 cm³/mol. The van der Waals surface area contributed by atoms with Crippen LogP contribution < -0.4 is 10.1 Å². The van der Waals surface area contributed by atoms with E-state index in [1.807, 2.05) is 25.1 Å². The largest absolute Gasteiger partial charge is 0.476 e. The molecular formula is C15H17FN2O. The number of aryl methyl sites for hydroxylation is 1. The first-order valence-corrected chi connectivity index (χ1v) is 6.27. The van der Waals surface area contributed by atoms with Crippen molar-refractivity contribution in [1.82, 2.24) is 4.98 Å². The number of rotatable bonds is 5. The van der Waals surface area contributed by atoms with E-state index in [4.69, 9.17) is 4.74 Å². The number of hydrogen-bond acceptors (Lipinski definition) is 3. The van der Waals surface area contributed by atoms with E-state index < -0.39 is 0 Å². The summed E-state index contributed by atoms with van der Waals surface area (Å²) in [5.41, 5.74) is 2.35. The number of pyridine rings is 1. The van der Waals surface area contributed by atoms with Crippen LogP contribution >= 0.6 is 0 Å². The van der Waals surface area contributed by atoms with E-state index in [1.165, 1.54) is 0 Å². The highest BCUT2D eigenvalue weighted by molar-refractivity contribution is 5.52. The van der Waals surface area contributed by atoms with Crippen LogP contribution in [0.15, 0.2) is 36.5 Å². The molecule has 3 nitrogen and oxygen atoms in total. The Bertz CT molecular complexity index is 558. The molecule has 0 atom stereocenters. The van der Waals surface area contributed by atoms with E-state index in [9.17, 15) is 4.39 Å². The molecule has 2 aromatic rings. The molecule has 1 aromatic heterocycles. The second-order valence-corrected chi connectivity index (χ2v) is 4.23. The fourth-order valence-electron chi connectivity index (χ4n) is 1.72. The molecule has 100 valence electrons. The van der Waals surface area contributed by atoms with Gasteiger partial charge in [0.2, 0.25) is 5.88 Å². The number of nitrogens with zero attached hydrogens (tertiary/aromatic N) is 1. The van der Waals surface area contributed by atoms with Gasteiger partial charge in [0.1, 0.15) is 5.82 Å². The Kier molecular flexibility index (Phi) is 4.34. The topological polar surface area (TPSA) is 34.1 Å². The third-order valence-electron chi connectivity index (χ3n) is 2.77. The molecule has 4 heteroatoms. The molecule has 1 N–H and O–H groups in total. The van der Waals surface area contributed by atoms with Crippen LogP contribution in [-0.4, -0.2) is 11.6 Å². The first-order chi connectivity index (χ1) is 9.20. The molecule has 0 aliphatic heterocycles. The maximum Gasteiger partial charge on any atom is 0.237 e. The summed E-state index contributed by atoms with van der Waals surface area (Å²) >= 11 is 0. The Hall–Kier alpha value is -2.10. The van der Waals surface area contributed by atoms with E-state index in [-0.39, 0.29) is 5.82 Å². The molecule has 0 radical (unpaired) electrons. The molecule has 0 unspecified atom stereocenters. The smallest absolute Gasteiger partial charge is 0.237 e.